The van der Waals surface area contributed by atoms with Gasteiger partial charge in [-0.15, -0.1) is 6.58 Å². The molecule has 0 aromatic heterocycles. The molecule has 1 rings (SSSR count). The zero-order valence-corrected chi connectivity index (χ0v) is 13.3. The molecule has 1 aliphatic heterocycles. The van der Waals surface area contributed by atoms with Gasteiger partial charge in [0.15, 0.2) is 0 Å². The lowest BCUT2D eigenvalue weighted by molar-refractivity contribution is -0.134. The van der Waals surface area contributed by atoms with Crippen molar-refractivity contribution in [2.45, 2.75) is 13.8 Å². The number of hydrogen-bond donors (Lipinski definition) is 1. The van der Waals surface area contributed by atoms with Crippen molar-refractivity contribution >= 4 is 11.8 Å². The molecule has 1 aliphatic rings. The van der Waals surface area contributed by atoms with Crippen molar-refractivity contribution in [2.75, 3.05) is 58.9 Å². The van der Waals surface area contributed by atoms with E-state index in [1.165, 1.54) is 0 Å². The third-order valence-corrected chi connectivity index (χ3v) is 3.79. The predicted octanol–water partition coefficient (Wildman–Crippen LogP) is -0.225. The van der Waals surface area contributed by atoms with Crippen molar-refractivity contribution in [2.24, 2.45) is 0 Å². The molecule has 120 valence electrons. The highest BCUT2D eigenvalue weighted by atomic mass is 16.2. The fourth-order valence-corrected chi connectivity index (χ4v) is 2.34. The van der Waals surface area contributed by atoms with Gasteiger partial charge in [0.2, 0.25) is 11.8 Å². The average Bonchev–Trinajstić information content (AvgIpc) is 2.51. The molecule has 21 heavy (non-hydrogen) atoms. The van der Waals surface area contributed by atoms with Gasteiger partial charge >= 0.3 is 0 Å². The van der Waals surface area contributed by atoms with Crippen LogP contribution in [0.2, 0.25) is 0 Å². The lowest BCUT2D eigenvalue weighted by atomic mass is 10.3. The minimum Gasteiger partial charge on any atom is -0.352 e. The van der Waals surface area contributed by atoms with Crippen LogP contribution >= 0.6 is 0 Å². The van der Waals surface area contributed by atoms with Gasteiger partial charge in [-0.3, -0.25) is 19.4 Å². The van der Waals surface area contributed by atoms with Gasteiger partial charge in [-0.05, 0) is 13.1 Å². The van der Waals surface area contributed by atoms with Gasteiger partial charge in [-0.1, -0.05) is 19.9 Å². The van der Waals surface area contributed by atoms with Gasteiger partial charge in [0.05, 0.1) is 13.1 Å². The summed E-state index contributed by atoms with van der Waals surface area (Å²) in [4.78, 5) is 29.9. The Morgan fingerprint density at radius 2 is 1.81 bits per heavy atom. The fraction of sp³-hybridized carbons (Fsp3) is 0.733. The topological polar surface area (TPSA) is 55.9 Å². The molecule has 0 aromatic rings. The Bertz CT molecular complexity index is 348. The van der Waals surface area contributed by atoms with E-state index in [4.69, 9.17) is 0 Å². The van der Waals surface area contributed by atoms with Crippen molar-refractivity contribution in [3.63, 3.8) is 0 Å². The molecule has 0 atom stereocenters. The average molecular weight is 296 g/mol. The van der Waals surface area contributed by atoms with Crippen LogP contribution in [0.3, 0.4) is 0 Å². The number of likely N-dealkylation sites (N-methyl/N-ethyl adjacent to an activating group) is 1. The summed E-state index contributed by atoms with van der Waals surface area (Å²) in [6, 6.07) is 0. The number of piperazine rings is 1. The van der Waals surface area contributed by atoms with E-state index in [0.29, 0.717) is 32.7 Å². The maximum atomic E-state index is 12.2. The lowest BCUT2D eigenvalue weighted by Gasteiger charge is -2.35. The van der Waals surface area contributed by atoms with Crippen molar-refractivity contribution < 1.29 is 9.59 Å². The van der Waals surface area contributed by atoms with Crippen LogP contribution in [0.5, 0.6) is 0 Å². The number of rotatable bonds is 8. The fourth-order valence-electron chi connectivity index (χ4n) is 2.34. The van der Waals surface area contributed by atoms with Crippen LogP contribution in [-0.4, -0.2) is 85.4 Å². The van der Waals surface area contributed by atoms with Gasteiger partial charge in [0.1, 0.15) is 0 Å². The molecule has 0 spiro atoms. The van der Waals surface area contributed by atoms with E-state index in [-0.39, 0.29) is 11.8 Å². The first-order valence-corrected chi connectivity index (χ1v) is 7.70. The normalized spacial score (nSPS) is 16.0. The van der Waals surface area contributed by atoms with Crippen molar-refractivity contribution in [3.8, 4) is 0 Å². The number of nitrogens with one attached hydrogen (secondary N) is 1. The summed E-state index contributed by atoms with van der Waals surface area (Å²) < 4.78 is 0. The van der Waals surface area contributed by atoms with E-state index in [2.05, 4.69) is 35.5 Å². The first-order chi connectivity index (χ1) is 10.1. The third-order valence-electron chi connectivity index (χ3n) is 3.79. The maximum absolute atomic E-state index is 12.2. The second-order valence-electron chi connectivity index (χ2n) is 5.21. The molecule has 6 nitrogen and oxygen atoms in total. The van der Waals surface area contributed by atoms with E-state index in [9.17, 15) is 9.59 Å². The highest BCUT2D eigenvalue weighted by molar-refractivity contribution is 5.79. The van der Waals surface area contributed by atoms with Crippen LogP contribution in [-0.2, 0) is 9.59 Å². The second kappa shape index (κ2) is 9.52. The molecule has 6 heteroatoms. The van der Waals surface area contributed by atoms with Crippen molar-refractivity contribution in [1.29, 1.82) is 0 Å². The standard InChI is InChI=1S/C15H28N4O2/c1-4-7-16-14(20)12-18-8-10-19(11-9-18)15(21)13-17(5-2)6-3/h4H,1,5-13H2,2-3H3,(H,16,20). The molecule has 0 radical (unpaired) electrons. The number of hydrogen-bond acceptors (Lipinski definition) is 4. The Morgan fingerprint density at radius 1 is 1.19 bits per heavy atom. The Kier molecular flexibility index (Phi) is 8.00. The van der Waals surface area contributed by atoms with Crippen LogP contribution in [0.15, 0.2) is 12.7 Å². The first-order valence-electron chi connectivity index (χ1n) is 7.70. The highest BCUT2D eigenvalue weighted by Crippen LogP contribution is 2.03. The zero-order chi connectivity index (χ0) is 15.7. The van der Waals surface area contributed by atoms with Gasteiger partial charge in [0.25, 0.3) is 0 Å². The molecule has 2 amide bonds. The largest absolute Gasteiger partial charge is 0.352 e. The van der Waals surface area contributed by atoms with Crippen LogP contribution in [0.1, 0.15) is 13.8 Å². The summed E-state index contributed by atoms with van der Waals surface area (Å²) in [6.45, 7) is 13.8. The van der Waals surface area contributed by atoms with E-state index in [1.807, 2.05) is 4.90 Å². The number of amides is 2. The quantitative estimate of drug-likeness (QED) is 0.629. The number of nitrogens with zero attached hydrogens (tertiary/aromatic N) is 3. The Labute approximate surface area is 127 Å². The molecule has 0 unspecified atom stereocenters. The van der Waals surface area contributed by atoms with Crippen molar-refractivity contribution in [1.82, 2.24) is 20.0 Å². The van der Waals surface area contributed by atoms with Crippen LogP contribution in [0.4, 0.5) is 0 Å². The van der Waals surface area contributed by atoms with E-state index in [1.54, 1.807) is 6.08 Å². The molecule has 1 N–H and O–H groups in total. The molecule has 1 fully saturated rings. The Hall–Kier alpha value is -1.40. The van der Waals surface area contributed by atoms with Crippen LogP contribution < -0.4 is 5.32 Å². The van der Waals surface area contributed by atoms with Crippen molar-refractivity contribution in [3.05, 3.63) is 12.7 Å². The number of carbonyl (C=O) groups is 2. The molecule has 1 saturated heterocycles. The van der Waals surface area contributed by atoms with E-state index < -0.39 is 0 Å². The lowest BCUT2D eigenvalue weighted by Crippen LogP contribution is -2.53. The first kappa shape index (κ1) is 17.7. The molecule has 0 aromatic carbocycles. The predicted molar refractivity (Wildman–Crippen MR) is 84.0 cm³/mol. The minimum atomic E-state index is 0.0119. The molecular formula is C15H28N4O2. The maximum Gasteiger partial charge on any atom is 0.236 e. The Morgan fingerprint density at radius 3 is 2.33 bits per heavy atom. The molecular weight excluding hydrogens is 268 g/mol. The van der Waals surface area contributed by atoms with Gasteiger partial charge in [-0.2, -0.15) is 0 Å². The molecule has 0 bridgehead atoms. The monoisotopic (exact) mass is 296 g/mol. The van der Waals surface area contributed by atoms with E-state index in [0.717, 1.165) is 26.2 Å². The summed E-state index contributed by atoms with van der Waals surface area (Å²) in [6.07, 6.45) is 1.67. The van der Waals surface area contributed by atoms with E-state index >= 15 is 0 Å². The smallest absolute Gasteiger partial charge is 0.236 e. The van der Waals surface area contributed by atoms with Gasteiger partial charge in [-0.25, -0.2) is 0 Å². The zero-order valence-electron chi connectivity index (χ0n) is 13.3. The van der Waals surface area contributed by atoms with Gasteiger partial charge in [0, 0.05) is 32.7 Å². The highest BCUT2D eigenvalue weighted by Gasteiger charge is 2.22. The SMILES string of the molecule is C=CCNC(=O)CN1CCN(C(=O)CN(CC)CC)CC1. The third kappa shape index (κ3) is 6.27. The summed E-state index contributed by atoms with van der Waals surface area (Å²) in [7, 11) is 0. The number of carbonyl (C=O) groups excluding carboxylic acids is 2. The molecule has 0 saturated carbocycles. The molecule has 0 aliphatic carbocycles. The molecule has 1 heterocycles. The Balaban J connectivity index is 2.29. The summed E-state index contributed by atoms with van der Waals surface area (Å²) in [5.41, 5.74) is 0. The minimum absolute atomic E-state index is 0.0119. The van der Waals surface area contributed by atoms with Crippen LogP contribution in [0, 0.1) is 0 Å². The second-order valence-corrected chi connectivity index (χ2v) is 5.21. The summed E-state index contributed by atoms with van der Waals surface area (Å²) >= 11 is 0. The summed E-state index contributed by atoms with van der Waals surface area (Å²) in [5, 5.41) is 2.77. The van der Waals surface area contributed by atoms with Crippen LogP contribution in [0.25, 0.3) is 0 Å². The van der Waals surface area contributed by atoms with Gasteiger partial charge < -0.3 is 10.2 Å². The summed E-state index contributed by atoms with van der Waals surface area (Å²) in [5.74, 6) is 0.201.